The first-order valence-electron chi connectivity index (χ1n) is 7.53. The molecule has 0 spiro atoms. The van der Waals surface area contributed by atoms with Crippen LogP contribution in [0.1, 0.15) is 22.8 Å². The number of rotatable bonds is 6. The van der Waals surface area contributed by atoms with Crippen LogP contribution in [0.3, 0.4) is 0 Å². The van der Waals surface area contributed by atoms with Crippen LogP contribution in [-0.2, 0) is 0 Å². The molecule has 0 saturated heterocycles. The van der Waals surface area contributed by atoms with E-state index in [-0.39, 0.29) is 11.6 Å². The second-order valence-corrected chi connectivity index (χ2v) is 5.03. The Balaban J connectivity index is 2.55. The molecule has 2 aromatic rings. The Morgan fingerprint density at radius 3 is 2.33 bits per heavy atom. The fourth-order valence-electron chi connectivity index (χ4n) is 2.22. The van der Waals surface area contributed by atoms with Gasteiger partial charge in [-0.3, -0.25) is 9.78 Å². The van der Waals surface area contributed by atoms with Crippen LogP contribution in [0.2, 0.25) is 0 Å². The number of carbonyl (C=O) groups is 1. The summed E-state index contributed by atoms with van der Waals surface area (Å²) in [6, 6.07) is 9.08. The first kappa shape index (κ1) is 17.3. The molecule has 0 N–H and O–H groups in total. The van der Waals surface area contributed by atoms with Gasteiger partial charge in [0.25, 0.3) is 0 Å². The lowest BCUT2D eigenvalue weighted by Crippen LogP contribution is -2.03. The summed E-state index contributed by atoms with van der Waals surface area (Å²) >= 11 is 0. The molecule has 24 heavy (non-hydrogen) atoms. The Morgan fingerprint density at radius 1 is 1.08 bits per heavy atom. The van der Waals surface area contributed by atoms with Crippen LogP contribution in [0.25, 0.3) is 5.57 Å². The fraction of sp³-hybridized carbons (Fsp3) is 0.0476. The maximum absolute atomic E-state index is 13.1. The van der Waals surface area contributed by atoms with Crippen LogP contribution in [-0.4, -0.2) is 10.8 Å². The van der Waals surface area contributed by atoms with Gasteiger partial charge in [-0.25, -0.2) is 4.39 Å². The van der Waals surface area contributed by atoms with Gasteiger partial charge in [-0.05, 0) is 60.5 Å². The van der Waals surface area contributed by atoms with E-state index in [2.05, 4.69) is 11.6 Å². The lowest BCUT2D eigenvalue weighted by atomic mass is 9.95. The number of benzene rings is 1. The molecule has 0 fully saturated rings. The zero-order valence-electron chi connectivity index (χ0n) is 13.4. The van der Waals surface area contributed by atoms with Crippen molar-refractivity contribution >= 4 is 11.4 Å². The van der Waals surface area contributed by atoms with Crippen molar-refractivity contribution < 1.29 is 9.18 Å². The summed E-state index contributed by atoms with van der Waals surface area (Å²) in [4.78, 5) is 16.9. The fourth-order valence-corrected chi connectivity index (χ4v) is 2.22. The quantitative estimate of drug-likeness (QED) is 0.417. The molecule has 0 aliphatic carbocycles. The third kappa shape index (κ3) is 4.46. The van der Waals surface area contributed by atoms with Gasteiger partial charge in [-0.2, -0.15) is 0 Å². The van der Waals surface area contributed by atoms with Gasteiger partial charge in [-0.15, -0.1) is 0 Å². The van der Waals surface area contributed by atoms with E-state index in [1.165, 1.54) is 24.3 Å². The van der Waals surface area contributed by atoms with Crippen LogP contribution in [0.4, 0.5) is 4.39 Å². The van der Waals surface area contributed by atoms with E-state index >= 15 is 0 Å². The van der Waals surface area contributed by atoms with E-state index in [0.717, 1.165) is 11.1 Å². The zero-order valence-corrected chi connectivity index (χ0v) is 13.4. The van der Waals surface area contributed by atoms with Crippen molar-refractivity contribution in [2.24, 2.45) is 0 Å². The van der Waals surface area contributed by atoms with Gasteiger partial charge >= 0.3 is 0 Å². The van der Waals surface area contributed by atoms with Crippen molar-refractivity contribution in [1.29, 1.82) is 0 Å². The highest BCUT2D eigenvalue weighted by atomic mass is 19.1. The molecular weight excluding hydrogens is 301 g/mol. The molecule has 0 bridgehead atoms. The van der Waals surface area contributed by atoms with E-state index in [1.807, 2.05) is 25.2 Å². The second-order valence-electron chi connectivity index (χ2n) is 5.03. The number of nitrogens with zero attached hydrogens (tertiary/aromatic N) is 1. The minimum atomic E-state index is -0.373. The number of ketones is 1. The smallest absolute Gasteiger partial charge is 0.193 e. The molecule has 2 rings (SSSR count). The van der Waals surface area contributed by atoms with E-state index in [0.29, 0.717) is 11.1 Å². The number of allylic oxidation sites excluding steroid dienone is 7. The van der Waals surface area contributed by atoms with Crippen LogP contribution < -0.4 is 0 Å². The number of aromatic nitrogens is 1. The monoisotopic (exact) mass is 319 g/mol. The van der Waals surface area contributed by atoms with Gasteiger partial charge in [0, 0.05) is 23.5 Å². The number of hydrogen-bond donors (Lipinski definition) is 0. The van der Waals surface area contributed by atoms with Crippen molar-refractivity contribution in [3.05, 3.63) is 108 Å². The summed E-state index contributed by atoms with van der Waals surface area (Å²) in [6.07, 6.45) is 12.3. The van der Waals surface area contributed by atoms with Gasteiger partial charge in [0.2, 0.25) is 0 Å². The van der Waals surface area contributed by atoms with Crippen molar-refractivity contribution in [3.63, 3.8) is 0 Å². The normalized spacial score (nSPS) is 12.4. The molecule has 0 radical (unpaired) electrons. The van der Waals surface area contributed by atoms with Crippen molar-refractivity contribution in [3.8, 4) is 0 Å². The van der Waals surface area contributed by atoms with Gasteiger partial charge in [0.1, 0.15) is 5.82 Å². The van der Waals surface area contributed by atoms with Crippen molar-refractivity contribution in [2.75, 3.05) is 0 Å². The summed E-state index contributed by atoms with van der Waals surface area (Å²) in [7, 11) is 0. The van der Waals surface area contributed by atoms with Gasteiger partial charge in [0.15, 0.2) is 5.78 Å². The average molecular weight is 319 g/mol. The maximum Gasteiger partial charge on any atom is 0.193 e. The van der Waals surface area contributed by atoms with Crippen molar-refractivity contribution in [2.45, 2.75) is 6.92 Å². The summed E-state index contributed by atoms with van der Waals surface area (Å²) < 4.78 is 13.1. The SMILES string of the molecule is C=C/C=C(\C=C/C)/C=C(/C(=O)c1ccc(F)cc1)c1ccncc1. The molecule has 1 heterocycles. The Labute approximate surface area is 141 Å². The molecule has 0 amide bonds. The molecule has 1 aromatic carbocycles. The Hall–Kier alpha value is -3.07. The standard InChI is InChI=1S/C21H18FNO/c1-3-5-16(6-4-2)15-20(17-11-13-23-14-12-17)21(24)18-7-9-19(22)10-8-18/h3-15H,1H2,2H3/b6-4-,16-5+,20-15+. The highest BCUT2D eigenvalue weighted by molar-refractivity contribution is 6.29. The van der Waals surface area contributed by atoms with Gasteiger partial charge in [0.05, 0.1) is 0 Å². The summed E-state index contributed by atoms with van der Waals surface area (Å²) in [5, 5.41) is 0. The van der Waals surface area contributed by atoms with Crippen LogP contribution in [0.5, 0.6) is 0 Å². The number of pyridine rings is 1. The topological polar surface area (TPSA) is 30.0 Å². The number of carbonyl (C=O) groups excluding carboxylic acids is 1. The summed E-state index contributed by atoms with van der Waals surface area (Å²) in [5.41, 5.74) is 2.53. The van der Waals surface area contributed by atoms with Crippen LogP contribution in [0, 0.1) is 5.82 Å². The summed E-state index contributed by atoms with van der Waals surface area (Å²) in [5.74, 6) is -0.553. The average Bonchev–Trinajstić information content (AvgIpc) is 2.61. The van der Waals surface area contributed by atoms with E-state index in [9.17, 15) is 9.18 Å². The minimum absolute atomic E-state index is 0.180. The Bertz CT molecular complexity index is 799. The number of hydrogen-bond acceptors (Lipinski definition) is 2. The molecular formula is C21H18FNO. The van der Waals surface area contributed by atoms with Crippen LogP contribution >= 0.6 is 0 Å². The molecule has 120 valence electrons. The third-order valence-corrected chi connectivity index (χ3v) is 3.32. The molecule has 0 atom stereocenters. The molecule has 2 nitrogen and oxygen atoms in total. The lowest BCUT2D eigenvalue weighted by Gasteiger charge is -2.08. The predicted molar refractivity (Wildman–Crippen MR) is 96.0 cm³/mol. The summed E-state index contributed by atoms with van der Waals surface area (Å²) in [6.45, 7) is 5.60. The first-order chi connectivity index (χ1) is 11.7. The third-order valence-electron chi connectivity index (χ3n) is 3.32. The largest absolute Gasteiger partial charge is 0.289 e. The molecule has 0 saturated carbocycles. The second kappa shape index (κ2) is 8.53. The number of halogens is 1. The van der Waals surface area contributed by atoms with Gasteiger partial charge < -0.3 is 0 Å². The molecule has 3 heteroatoms. The van der Waals surface area contributed by atoms with Gasteiger partial charge in [-0.1, -0.05) is 30.9 Å². The lowest BCUT2D eigenvalue weighted by molar-refractivity contribution is 0.105. The Kier molecular flexibility index (Phi) is 6.15. The first-order valence-corrected chi connectivity index (χ1v) is 7.53. The molecule has 1 aromatic heterocycles. The zero-order chi connectivity index (χ0) is 17.4. The van der Waals surface area contributed by atoms with E-state index in [4.69, 9.17) is 0 Å². The van der Waals surface area contributed by atoms with E-state index in [1.54, 1.807) is 36.7 Å². The minimum Gasteiger partial charge on any atom is -0.289 e. The molecule has 0 unspecified atom stereocenters. The Morgan fingerprint density at radius 2 is 1.75 bits per heavy atom. The molecule has 0 aliphatic rings. The van der Waals surface area contributed by atoms with E-state index < -0.39 is 0 Å². The number of Topliss-reactive ketones (excluding diaryl/α,β-unsaturated/α-hetero) is 1. The predicted octanol–water partition coefficient (Wildman–Crippen LogP) is 5.18. The molecule has 0 aliphatic heterocycles. The van der Waals surface area contributed by atoms with Crippen LogP contribution in [0.15, 0.2) is 91.3 Å². The van der Waals surface area contributed by atoms with Crippen molar-refractivity contribution in [1.82, 2.24) is 4.98 Å². The highest BCUT2D eigenvalue weighted by Crippen LogP contribution is 2.22. The maximum atomic E-state index is 13.1. The highest BCUT2D eigenvalue weighted by Gasteiger charge is 2.14.